The molecule has 0 radical (unpaired) electrons. The molecule has 0 aromatic heterocycles. The first kappa shape index (κ1) is 18.9. The molecule has 1 unspecified atom stereocenters. The van der Waals surface area contributed by atoms with Gasteiger partial charge >= 0.3 is 0 Å². The van der Waals surface area contributed by atoms with Gasteiger partial charge in [0, 0.05) is 0 Å². The van der Waals surface area contributed by atoms with Gasteiger partial charge in [-0.2, -0.15) is 0 Å². The molecule has 0 saturated carbocycles. The summed E-state index contributed by atoms with van der Waals surface area (Å²) in [6, 6.07) is 6.17. The fourth-order valence-corrected chi connectivity index (χ4v) is 4.37. The van der Waals surface area contributed by atoms with E-state index < -0.39 is 15.9 Å². The van der Waals surface area contributed by atoms with E-state index in [-0.39, 0.29) is 11.7 Å². The summed E-state index contributed by atoms with van der Waals surface area (Å²) in [5.41, 5.74) is -0.870. The number of amides is 1. The summed E-state index contributed by atoms with van der Waals surface area (Å²) >= 11 is 1.27. The largest absolute Gasteiger partial charge is 0.388 e. The van der Waals surface area contributed by atoms with Crippen LogP contribution in [-0.2, 0) is 10.3 Å². The summed E-state index contributed by atoms with van der Waals surface area (Å²) < 4.78 is 12.1. The molecule has 1 saturated heterocycles. The maximum Gasteiger partial charge on any atom is 0.245 e. The van der Waals surface area contributed by atoms with E-state index in [2.05, 4.69) is 10.3 Å². The number of halogens is 1. The van der Waals surface area contributed by atoms with Crippen LogP contribution in [-0.4, -0.2) is 26.5 Å². The first-order valence-corrected chi connectivity index (χ1v) is 8.98. The van der Waals surface area contributed by atoms with Crippen molar-refractivity contribution in [3.05, 3.63) is 35.6 Å². The Kier molecular flexibility index (Phi) is 5.11. The molecule has 0 spiro atoms. The molecular weight excluding hydrogens is 327 g/mol. The normalized spacial score (nSPS) is 23.6. The summed E-state index contributed by atoms with van der Waals surface area (Å²) in [5, 5.41) is 14.1. The predicted octanol–water partition coefficient (Wildman–Crippen LogP) is 3.59. The Morgan fingerprint density at radius 1 is 1.25 bits per heavy atom. The first-order chi connectivity index (χ1) is 11.1. The molecule has 1 aromatic carbocycles. The SMILES string of the molecule is CCC(O)(CC)C1(C)SC(=NC(C)(C)c2ccc(F)cc2)NC1=O. The van der Waals surface area contributed by atoms with Crippen molar-refractivity contribution in [2.24, 2.45) is 4.99 Å². The number of rotatable bonds is 5. The lowest BCUT2D eigenvalue weighted by molar-refractivity contribution is -0.128. The zero-order valence-corrected chi connectivity index (χ0v) is 15.6. The minimum atomic E-state index is -1.10. The number of thioether (sulfide) groups is 1. The summed E-state index contributed by atoms with van der Waals surface area (Å²) in [6.07, 6.45) is 0.962. The van der Waals surface area contributed by atoms with Crippen molar-refractivity contribution in [3.63, 3.8) is 0 Å². The average Bonchev–Trinajstić information content (AvgIpc) is 2.81. The molecule has 4 nitrogen and oxygen atoms in total. The van der Waals surface area contributed by atoms with Crippen LogP contribution < -0.4 is 5.32 Å². The molecule has 0 bridgehead atoms. The van der Waals surface area contributed by atoms with Gasteiger partial charge in [-0.3, -0.25) is 9.79 Å². The van der Waals surface area contributed by atoms with E-state index in [1.165, 1.54) is 23.9 Å². The number of benzene rings is 1. The van der Waals surface area contributed by atoms with Crippen molar-refractivity contribution in [2.75, 3.05) is 0 Å². The third-order valence-corrected chi connectivity index (χ3v) is 6.30. The van der Waals surface area contributed by atoms with Crippen LogP contribution >= 0.6 is 11.8 Å². The Labute approximate surface area is 146 Å². The summed E-state index contributed by atoms with van der Waals surface area (Å²) in [6.45, 7) is 9.32. The minimum absolute atomic E-state index is 0.229. The lowest BCUT2D eigenvalue weighted by Crippen LogP contribution is -2.54. The maximum atomic E-state index is 13.1. The molecule has 1 aliphatic heterocycles. The van der Waals surface area contributed by atoms with Crippen molar-refractivity contribution in [1.29, 1.82) is 0 Å². The number of carbonyl (C=O) groups excluding carboxylic acids is 1. The van der Waals surface area contributed by atoms with Crippen LogP contribution in [0.2, 0.25) is 0 Å². The highest BCUT2D eigenvalue weighted by Crippen LogP contribution is 2.45. The molecule has 2 N–H and O–H groups in total. The van der Waals surface area contributed by atoms with Gasteiger partial charge in [-0.05, 0) is 51.3 Å². The molecule has 132 valence electrons. The van der Waals surface area contributed by atoms with Gasteiger partial charge in [-0.1, -0.05) is 37.7 Å². The quantitative estimate of drug-likeness (QED) is 0.851. The van der Waals surface area contributed by atoms with Gasteiger partial charge in [0.15, 0.2) is 5.17 Å². The number of nitrogens with zero attached hydrogens (tertiary/aromatic N) is 1. The van der Waals surface area contributed by atoms with Gasteiger partial charge in [-0.15, -0.1) is 0 Å². The highest BCUT2D eigenvalue weighted by atomic mass is 32.2. The van der Waals surface area contributed by atoms with Gasteiger partial charge in [0.25, 0.3) is 0 Å². The number of amidine groups is 1. The van der Waals surface area contributed by atoms with Gasteiger partial charge in [-0.25, -0.2) is 4.39 Å². The van der Waals surface area contributed by atoms with E-state index in [0.29, 0.717) is 18.0 Å². The van der Waals surface area contributed by atoms with Crippen LogP contribution in [0.5, 0.6) is 0 Å². The first-order valence-electron chi connectivity index (χ1n) is 8.16. The van der Waals surface area contributed by atoms with Crippen molar-refractivity contribution in [1.82, 2.24) is 5.32 Å². The molecule has 24 heavy (non-hydrogen) atoms. The number of hydrogen-bond donors (Lipinski definition) is 2. The predicted molar refractivity (Wildman–Crippen MR) is 96.5 cm³/mol. The number of aliphatic imine (C=N–C) groups is 1. The molecule has 6 heteroatoms. The Hall–Kier alpha value is -1.40. The fraction of sp³-hybridized carbons (Fsp3) is 0.556. The molecule has 1 amide bonds. The van der Waals surface area contributed by atoms with E-state index in [0.717, 1.165) is 5.56 Å². The highest BCUT2D eigenvalue weighted by molar-refractivity contribution is 8.16. The van der Waals surface area contributed by atoms with E-state index in [4.69, 9.17) is 0 Å². The number of aliphatic hydroxyl groups is 1. The van der Waals surface area contributed by atoms with Crippen molar-refractivity contribution in [3.8, 4) is 0 Å². The summed E-state index contributed by atoms with van der Waals surface area (Å²) in [4.78, 5) is 17.2. The minimum Gasteiger partial charge on any atom is -0.388 e. The zero-order chi connectivity index (χ0) is 18.2. The van der Waals surface area contributed by atoms with Crippen molar-refractivity contribution in [2.45, 2.75) is 63.3 Å². The average molecular weight is 352 g/mol. The Balaban J connectivity index is 2.32. The van der Waals surface area contributed by atoms with E-state index in [1.807, 2.05) is 27.7 Å². The van der Waals surface area contributed by atoms with E-state index >= 15 is 0 Å². The fourth-order valence-electron chi connectivity index (χ4n) is 2.94. The van der Waals surface area contributed by atoms with Crippen molar-refractivity contribution < 1.29 is 14.3 Å². The molecule has 1 atom stereocenters. The molecule has 2 rings (SSSR count). The zero-order valence-electron chi connectivity index (χ0n) is 14.8. The highest BCUT2D eigenvalue weighted by Gasteiger charge is 2.55. The second kappa shape index (κ2) is 6.48. The number of hydrogen-bond acceptors (Lipinski definition) is 4. The smallest absolute Gasteiger partial charge is 0.245 e. The van der Waals surface area contributed by atoms with Crippen LogP contribution in [0.4, 0.5) is 4.39 Å². The van der Waals surface area contributed by atoms with Crippen LogP contribution in [0.3, 0.4) is 0 Å². The molecule has 1 fully saturated rings. The van der Waals surface area contributed by atoms with E-state index in [1.54, 1.807) is 19.1 Å². The van der Waals surface area contributed by atoms with Gasteiger partial charge < -0.3 is 10.4 Å². The van der Waals surface area contributed by atoms with Gasteiger partial charge in [0.2, 0.25) is 5.91 Å². The summed E-state index contributed by atoms with van der Waals surface area (Å²) in [7, 11) is 0. The second-order valence-corrected chi connectivity index (χ2v) is 8.22. The van der Waals surface area contributed by atoms with Gasteiger partial charge in [0.1, 0.15) is 10.6 Å². The monoisotopic (exact) mass is 352 g/mol. The summed E-state index contributed by atoms with van der Waals surface area (Å²) in [5.74, 6) is -0.526. The van der Waals surface area contributed by atoms with Crippen LogP contribution in [0.15, 0.2) is 29.3 Å². The van der Waals surface area contributed by atoms with Crippen LogP contribution in [0, 0.1) is 5.82 Å². The Morgan fingerprint density at radius 2 is 1.79 bits per heavy atom. The van der Waals surface area contributed by atoms with Crippen molar-refractivity contribution >= 4 is 22.8 Å². The maximum absolute atomic E-state index is 13.1. The molecular formula is C18H25FN2O2S. The van der Waals surface area contributed by atoms with E-state index in [9.17, 15) is 14.3 Å². The Morgan fingerprint density at radius 3 is 2.29 bits per heavy atom. The standard InChI is InChI=1S/C18H25FN2O2S/c1-6-18(23,7-2)17(5)14(22)20-15(24-17)21-16(3,4)12-8-10-13(19)11-9-12/h8-11,23H,6-7H2,1-5H3,(H,20,21,22). The molecule has 1 heterocycles. The second-order valence-electron chi connectivity index (χ2n) is 6.81. The van der Waals surface area contributed by atoms with Crippen LogP contribution in [0.25, 0.3) is 0 Å². The lowest BCUT2D eigenvalue weighted by Gasteiger charge is -2.38. The number of carbonyl (C=O) groups is 1. The van der Waals surface area contributed by atoms with Crippen LogP contribution in [0.1, 0.15) is 53.0 Å². The molecule has 1 aliphatic rings. The topological polar surface area (TPSA) is 61.7 Å². The molecule has 0 aliphatic carbocycles. The van der Waals surface area contributed by atoms with Gasteiger partial charge in [0.05, 0.1) is 11.1 Å². The third kappa shape index (κ3) is 3.22. The number of nitrogens with one attached hydrogen (secondary N) is 1. The Bertz CT molecular complexity index is 653. The third-order valence-electron chi connectivity index (χ3n) is 4.94. The molecule has 1 aromatic rings. The lowest BCUT2D eigenvalue weighted by atomic mass is 9.82.